The maximum Gasteiger partial charge on any atom is 0.270 e. The highest BCUT2D eigenvalue weighted by Gasteiger charge is 2.31. The van der Waals surface area contributed by atoms with Gasteiger partial charge in [-0.05, 0) is 11.6 Å². The lowest BCUT2D eigenvalue weighted by Gasteiger charge is -2.28. The van der Waals surface area contributed by atoms with E-state index in [2.05, 4.69) is 10.3 Å². The number of anilines is 1. The number of nitro benzene ring substituents is 1. The molecule has 1 fully saturated rings. The molecule has 1 saturated heterocycles. The number of morpholine rings is 1. The molecule has 1 atom stereocenters. The maximum absolute atomic E-state index is 13.4. The van der Waals surface area contributed by atoms with Crippen LogP contribution in [0, 0.1) is 10.1 Å². The van der Waals surface area contributed by atoms with Gasteiger partial charge in [0.05, 0.1) is 23.8 Å². The Labute approximate surface area is 185 Å². The minimum Gasteiger partial charge on any atom is -0.379 e. The number of rotatable bonds is 7. The van der Waals surface area contributed by atoms with Gasteiger partial charge in [-0.1, -0.05) is 30.3 Å². The Morgan fingerprint density at radius 1 is 1.16 bits per heavy atom. The van der Waals surface area contributed by atoms with E-state index in [1.165, 1.54) is 16.4 Å². The lowest BCUT2D eigenvalue weighted by molar-refractivity contribution is -0.385. The fraction of sp³-hybridized carbons (Fsp3) is 0.286. The number of nitrogens with one attached hydrogen (secondary N) is 1. The standard InChI is InChI=1S/C21H23N5O5S/c1-24-10-9-22-21(24)20(16-5-3-2-4-6-16)23-18-8-7-17(26(27)28)15-19(18)32(29,30)25-11-13-31-14-12-25/h2-10,15,20,23H,11-14H2,1H3. The third-order valence-electron chi connectivity index (χ3n) is 5.31. The second-order valence-electron chi connectivity index (χ2n) is 7.34. The average molecular weight is 458 g/mol. The zero-order chi connectivity index (χ0) is 22.7. The summed E-state index contributed by atoms with van der Waals surface area (Å²) in [4.78, 5) is 15.1. The van der Waals surface area contributed by atoms with E-state index in [1.54, 1.807) is 12.4 Å². The third kappa shape index (κ3) is 4.35. The molecule has 0 spiro atoms. The van der Waals surface area contributed by atoms with E-state index in [-0.39, 0.29) is 42.6 Å². The van der Waals surface area contributed by atoms with Gasteiger partial charge in [-0.15, -0.1) is 0 Å². The van der Waals surface area contributed by atoms with Crippen LogP contribution in [0.15, 0.2) is 65.8 Å². The van der Waals surface area contributed by atoms with Gasteiger partial charge in [0.2, 0.25) is 10.0 Å². The molecule has 0 bridgehead atoms. The fourth-order valence-corrected chi connectivity index (χ4v) is 5.22. The molecule has 1 N–H and O–H groups in total. The van der Waals surface area contributed by atoms with Crippen molar-refractivity contribution in [3.05, 3.63) is 82.4 Å². The summed E-state index contributed by atoms with van der Waals surface area (Å²) in [6.45, 7) is 0.922. The molecule has 2 heterocycles. The number of non-ortho nitro benzene ring substituents is 1. The van der Waals surface area contributed by atoms with Crippen LogP contribution >= 0.6 is 0 Å². The van der Waals surface area contributed by atoms with Crippen molar-refractivity contribution in [1.29, 1.82) is 0 Å². The van der Waals surface area contributed by atoms with E-state index in [9.17, 15) is 18.5 Å². The molecule has 2 aromatic carbocycles. The Bertz CT molecular complexity index is 1210. The molecule has 0 radical (unpaired) electrons. The normalized spacial score (nSPS) is 15.9. The van der Waals surface area contributed by atoms with Gasteiger partial charge >= 0.3 is 0 Å². The minimum atomic E-state index is -4.00. The first kappa shape index (κ1) is 21.9. The van der Waals surface area contributed by atoms with Gasteiger partial charge in [0.25, 0.3) is 5.69 Å². The van der Waals surface area contributed by atoms with Crippen LogP contribution in [-0.4, -0.2) is 53.5 Å². The Hall–Kier alpha value is -3.28. The van der Waals surface area contributed by atoms with E-state index in [0.717, 1.165) is 11.6 Å². The molecule has 1 aliphatic rings. The van der Waals surface area contributed by atoms with Crippen molar-refractivity contribution in [2.45, 2.75) is 10.9 Å². The van der Waals surface area contributed by atoms with E-state index in [4.69, 9.17) is 4.74 Å². The molecule has 0 aliphatic carbocycles. The quantitative estimate of drug-likeness (QED) is 0.428. The maximum atomic E-state index is 13.4. The smallest absolute Gasteiger partial charge is 0.270 e. The van der Waals surface area contributed by atoms with Crippen LogP contribution in [0.2, 0.25) is 0 Å². The molecule has 10 nitrogen and oxygen atoms in total. The van der Waals surface area contributed by atoms with Gasteiger partial charge in [0.15, 0.2) is 0 Å². The first-order chi connectivity index (χ1) is 15.4. The van der Waals surface area contributed by atoms with Gasteiger partial charge in [0, 0.05) is 44.7 Å². The molecule has 1 aliphatic heterocycles. The van der Waals surface area contributed by atoms with Crippen molar-refractivity contribution in [1.82, 2.24) is 13.9 Å². The van der Waals surface area contributed by atoms with E-state index in [1.807, 2.05) is 41.9 Å². The zero-order valence-corrected chi connectivity index (χ0v) is 18.2. The van der Waals surface area contributed by atoms with E-state index in [0.29, 0.717) is 5.82 Å². The number of ether oxygens (including phenoxy) is 1. The third-order valence-corrected chi connectivity index (χ3v) is 7.25. The summed E-state index contributed by atoms with van der Waals surface area (Å²) >= 11 is 0. The van der Waals surface area contributed by atoms with Gasteiger partial charge in [0.1, 0.15) is 16.8 Å². The van der Waals surface area contributed by atoms with Crippen molar-refractivity contribution in [3.8, 4) is 0 Å². The first-order valence-corrected chi connectivity index (χ1v) is 11.5. The monoisotopic (exact) mass is 457 g/mol. The molecule has 32 heavy (non-hydrogen) atoms. The van der Waals surface area contributed by atoms with Crippen molar-refractivity contribution in [3.63, 3.8) is 0 Å². The lowest BCUT2D eigenvalue weighted by atomic mass is 10.1. The van der Waals surface area contributed by atoms with E-state index < -0.39 is 21.0 Å². The molecule has 168 valence electrons. The van der Waals surface area contributed by atoms with Crippen molar-refractivity contribution < 1.29 is 18.1 Å². The van der Waals surface area contributed by atoms with Crippen LogP contribution in [0.4, 0.5) is 11.4 Å². The Balaban J connectivity index is 1.81. The summed E-state index contributed by atoms with van der Waals surface area (Å²) in [5, 5.41) is 14.7. The summed E-state index contributed by atoms with van der Waals surface area (Å²) in [6.07, 6.45) is 3.46. The number of sulfonamides is 1. The molecule has 11 heteroatoms. The number of imidazole rings is 1. The van der Waals surface area contributed by atoms with Gasteiger partial charge in [-0.2, -0.15) is 4.31 Å². The van der Waals surface area contributed by atoms with Crippen molar-refractivity contribution in [2.75, 3.05) is 31.6 Å². The zero-order valence-electron chi connectivity index (χ0n) is 17.4. The molecule has 4 rings (SSSR count). The number of benzene rings is 2. The number of nitrogens with zero attached hydrogens (tertiary/aromatic N) is 4. The Morgan fingerprint density at radius 3 is 2.50 bits per heavy atom. The number of aryl methyl sites for hydroxylation is 1. The van der Waals surface area contributed by atoms with Crippen LogP contribution in [0.25, 0.3) is 0 Å². The van der Waals surface area contributed by atoms with Crippen LogP contribution in [0.3, 0.4) is 0 Å². The van der Waals surface area contributed by atoms with Gasteiger partial charge < -0.3 is 14.6 Å². The summed E-state index contributed by atoms with van der Waals surface area (Å²) in [6, 6.07) is 12.8. The number of aromatic nitrogens is 2. The fourth-order valence-electron chi connectivity index (χ4n) is 3.64. The Kier molecular flexibility index (Phi) is 6.21. The Morgan fingerprint density at radius 2 is 1.88 bits per heavy atom. The molecule has 1 aromatic heterocycles. The molecule has 3 aromatic rings. The van der Waals surface area contributed by atoms with Crippen LogP contribution in [0.1, 0.15) is 17.4 Å². The number of nitro groups is 1. The minimum absolute atomic E-state index is 0.149. The summed E-state index contributed by atoms with van der Waals surface area (Å²) < 4.78 is 35.3. The largest absolute Gasteiger partial charge is 0.379 e. The van der Waals surface area contributed by atoms with Crippen LogP contribution < -0.4 is 5.32 Å². The van der Waals surface area contributed by atoms with Crippen LogP contribution in [0.5, 0.6) is 0 Å². The number of hydrogen-bond acceptors (Lipinski definition) is 7. The second-order valence-corrected chi connectivity index (χ2v) is 9.24. The predicted octanol–water partition coefficient (Wildman–Crippen LogP) is 2.55. The average Bonchev–Trinajstić information content (AvgIpc) is 3.24. The first-order valence-electron chi connectivity index (χ1n) is 10.0. The van der Waals surface area contributed by atoms with Crippen molar-refractivity contribution in [2.24, 2.45) is 7.05 Å². The highest BCUT2D eigenvalue weighted by molar-refractivity contribution is 7.89. The lowest BCUT2D eigenvalue weighted by Crippen LogP contribution is -2.40. The molecular formula is C21H23N5O5S. The van der Waals surface area contributed by atoms with Crippen LogP contribution in [-0.2, 0) is 21.8 Å². The summed E-state index contributed by atoms with van der Waals surface area (Å²) in [5.74, 6) is 0.671. The van der Waals surface area contributed by atoms with Gasteiger partial charge in [-0.25, -0.2) is 13.4 Å². The predicted molar refractivity (Wildman–Crippen MR) is 118 cm³/mol. The molecular weight excluding hydrogens is 434 g/mol. The topological polar surface area (TPSA) is 120 Å². The highest BCUT2D eigenvalue weighted by Crippen LogP contribution is 2.33. The van der Waals surface area contributed by atoms with Crippen molar-refractivity contribution >= 4 is 21.4 Å². The van der Waals surface area contributed by atoms with E-state index >= 15 is 0 Å². The molecule has 0 amide bonds. The second kappa shape index (κ2) is 9.07. The summed E-state index contributed by atoms with van der Waals surface area (Å²) in [7, 11) is -2.15. The summed E-state index contributed by atoms with van der Waals surface area (Å²) in [5.41, 5.74) is 0.837. The SMILES string of the molecule is Cn1ccnc1C(Nc1ccc([N+](=O)[O-])cc1S(=O)(=O)N1CCOCC1)c1ccccc1. The highest BCUT2D eigenvalue weighted by atomic mass is 32.2. The van der Waals surface area contributed by atoms with Gasteiger partial charge in [-0.3, -0.25) is 10.1 Å². The molecule has 1 unspecified atom stereocenters. The molecule has 0 saturated carbocycles. The number of hydrogen-bond donors (Lipinski definition) is 1.